The molecule has 0 aliphatic carbocycles. The quantitative estimate of drug-likeness (QED) is 0.638. The van der Waals surface area contributed by atoms with E-state index in [9.17, 15) is 5.11 Å². The van der Waals surface area contributed by atoms with E-state index in [0.29, 0.717) is 23.7 Å². The Kier molecular flexibility index (Phi) is 5.50. The van der Waals surface area contributed by atoms with Gasteiger partial charge in [-0.05, 0) is 30.0 Å². The normalized spacial score (nSPS) is 12.0. The molecule has 0 saturated heterocycles. The van der Waals surface area contributed by atoms with Crippen LogP contribution in [0.25, 0.3) is 11.8 Å². The van der Waals surface area contributed by atoms with Gasteiger partial charge in [0, 0.05) is 17.9 Å². The smallest absolute Gasteiger partial charge is 0.146 e. The van der Waals surface area contributed by atoms with Crippen LogP contribution in [0.1, 0.15) is 43.3 Å². The molecule has 1 aromatic heterocycles. The van der Waals surface area contributed by atoms with Gasteiger partial charge in [0.2, 0.25) is 0 Å². The summed E-state index contributed by atoms with van der Waals surface area (Å²) in [5.41, 5.74) is 3.82. The predicted molar refractivity (Wildman–Crippen MR) is 100 cm³/mol. The molecule has 0 fully saturated rings. The number of aromatic nitrogens is 3. The average molecular weight is 346 g/mol. The maximum absolute atomic E-state index is 10.7. The van der Waals surface area contributed by atoms with E-state index in [0.717, 1.165) is 16.8 Å². The Bertz CT molecular complexity index is 770. The molecule has 0 unspecified atom stereocenters. The molecular formula is C19H24ClN3O. The maximum atomic E-state index is 10.7. The van der Waals surface area contributed by atoms with Crippen molar-refractivity contribution in [1.29, 1.82) is 0 Å². The molecular weight excluding hydrogens is 322 g/mol. The molecule has 0 saturated carbocycles. The lowest BCUT2D eigenvalue weighted by Gasteiger charge is -2.22. The summed E-state index contributed by atoms with van der Waals surface area (Å²) >= 11 is 5.66. The summed E-state index contributed by atoms with van der Waals surface area (Å²) in [6.45, 7) is 12.0. The predicted octanol–water partition coefficient (Wildman–Crippen LogP) is 4.56. The highest BCUT2D eigenvalue weighted by Gasteiger charge is 2.22. The first-order valence-electron chi connectivity index (χ1n) is 7.92. The van der Waals surface area contributed by atoms with E-state index in [-0.39, 0.29) is 11.2 Å². The second-order valence-electron chi connectivity index (χ2n) is 6.79. The van der Waals surface area contributed by atoms with Gasteiger partial charge in [-0.1, -0.05) is 45.6 Å². The zero-order chi connectivity index (χ0) is 17.9. The Morgan fingerprint density at radius 2 is 1.96 bits per heavy atom. The minimum Gasteiger partial charge on any atom is -0.505 e. The van der Waals surface area contributed by atoms with Gasteiger partial charge < -0.3 is 5.11 Å². The molecule has 2 rings (SSSR count). The van der Waals surface area contributed by atoms with Crippen LogP contribution in [-0.2, 0) is 11.8 Å². The van der Waals surface area contributed by atoms with E-state index in [1.165, 1.54) is 4.80 Å². The minimum atomic E-state index is -0.175. The van der Waals surface area contributed by atoms with E-state index in [2.05, 4.69) is 37.5 Å². The fourth-order valence-corrected chi connectivity index (χ4v) is 2.63. The van der Waals surface area contributed by atoms with E-state index in [1.807, 2.05) is 31.2 Å². The van der Waals surface area contributed by atoms with Crippen molar-refractivity contribution in [1.82, 2.24) is 15.0 Å². The number of aromatic hydroxyl groups is 1. The Balaban J connectivity index is 2.54. The van der Waals surface area contributed by atoms with Gasteiger partial charge in [-0.3, -0.25) is 0 Å². The Morgan fingerprint density at radius 3 is 2.54 bits per heavy atom. The van der Waals surface area contributed by atoms with Crippen LogP contribution in [0.15, 0.2) is 30.9 Å². The molecule has 0 radical (unpaired) electrons. The summed E-state index contributed by atoms with van der Waals surface area (Å²) in [7, 11) is 0. The van der Waals surface area contributed by atoms with Gasteiger partial charge in [0.1, 0.15) is 17.1 Å². The monoisotopic (exact) mass is 345 g/mol. The van der Waals surface area contributed by atoms with Gasteiger partial charge in [0.25, 0.3) is 0 Å². The summed E-state index contributed by atoms with van der Waals surface area (Å²) in [6.07, 6.45) is 6.11. The fraction of sp³-hybridized carbons (Fsp3) is 0.368. The third-order valence-corrected chi connectivity index (χ3v) is 3.91. The summed E-state index contributed by atoms with van der Waals surface area (Å²) < 4.78 is 0. The van der Waals surface area contributed by atoms with Crippen LogP contribution in [0.3, 0.4) is 0 Å². The average Bonchev–Trinajstić information content (AvgIpc) is 2.91. The maximum Gasteiger partial charge on any atom is 0.146 e. The molecule has 0 bridgehead atoms. The Labute approximate surface area is 148 Å². The van der Waals surface area contributed by atoms with Crippen molar-refractivity contribution >= 4 is 17.7 Å². The van der Waals surface area contributed by atoms with Crippen LogP contribution in [0.5, 0.6) is 5.75 Å². The van der Waals surface area contributed by atoms with Crippen molar-refractivity contribution < 1.29 is 5.11 Å². The Morgan fingerprint density at radius 1 is 1.25 bits per heavy atom. The van der Waals surface area contributed by atoms with Crippen LogP contribution in [0, 0.1) is 6.92 Å². The first-order chi connectivity index (χ1) is 11.3. The van der Waals surface area contributed by atoms with Gasteiger partial charge in [0.15, 0.2) is 0 Å². The fourth-order valence-electron chi connectivity index (χ4n) is 2.50. The zero-order valence-electron chi connectivity index (χ0n) is 14.7. The molecule has 1 aromatic carbocycles. The number of phenols is 1. The third-order valence-electron chi connectivity index (χ3n) is 3.73. The molecule has 24 heavy (non-hydrogen) atoms. The number of allylic oxidation sites excluding steroid dienone is 2. The zero-order valence-corrected chi connectivity index (χ0v) is 15.4. The number of rotatable bonds is 5. The molecule has 4 nitrogen and oxygen atoms in total. The summed E-state index contributed by atoms with van der Waals surface area (Å²) in [6, 6.07) is 3.89. The molecule has 128 valence electrons. The summed E-state index contributed by atoms with van der Waals surface area (Å²) in [4.78, 5) is 1.48. The van der Waals surface area contributed by atoms with Gasteiger partial charge in [0.05, 0.1) is 5.69 Å². The lowest BCUT2D eigenvalue weighted by atomic mass is 9.85. The summed E-state index contributed by atoms with van der Waals surface area (Å²) in [5, 5.41) is 19.7. The second-order valence-corrected chi connectivity index (χ2v) is 7.09. The third kappa shape index (κ3) is 3.88. The number of halogens is 1. The number of hydrogen-bond acceptors (Lipinski definition) is 3. The number of phenolic OH excluding ortho intramolecular Hbond substituents is 1. The van der Waals surface area contributed by atoms with Gasteiger partial charge >= 0.3 is 0 Å². The number of nitrogens with zero attached hydrogens (tertiary/aromatic N) is 3. The van der Waals surface area contributed by atoms with Gasteiger partial charge in [-0.15, -0.1) is 21.5 Å². The van der Waals surface area contributed by atoms with Crippen LogP contribution >= 0.6 is 11.6 Å². The first kappa shape index (κ1) is 18.3. The highest BCUT2D eigenvalue weighted by Crippen LogP contribution is 2.35. The van der Waals surface area contributed by atoms with E-state index in [1.54, 1.807) is 6.08 Å². The number of hydrogen-bond donors (Lipinski definition) is 1. The van der Waals surface area contributed by atoms with Crippen molar-refractivity contribution in [3.63, 3.8) is 0 Å². The van der Waals surface area contributed by atoms with Crippen molar-refractivity contribution in [3.05, 3.63) is 53.4 Å². The number of alkyl halides is 1. The van der Waals surface area contributed by atoms with Gasteiger partial charge in [-0.2, -0.15) is 5.10 Å². The minimum absolute atomic E-state index is 0.175. The second kappa shape index (κ2) is 7.22. The first-order valence-corrected chi connectivity index (χ1v) is 8.45. The van der Waals surface area contributed by atoms with Crippen molar-refractivity contribution in [2.24, 2.45) is 0 Å². The van der Waals surface area contributed by atoms with Crippen molar-refractivity contribution in [2.75, 3.05) is 5.88 Å². The Hall–Kier alpha value is -2.07. The van der Waals surface area contributed by atoms with E-state index < -0.39 is 0 Å². The van der Waals surface area contributed by atoms with E-state index in [4.69, 9.17) is 11.6 Å². The van der Waals surface area contributed by atoms with Crippen molar-refractivity contribution in [3.8, 4) is 11.4 Å². The van der Waals surface area contributed by atoms with Gasteiger partial charge in [-0.25, -0.2) is 0 Å². The molecule has 1 N–H and O–H groups in total. The van der Waals surface area contributed by atoms with Crippen LogP contribution in [-0.4, -0.2) is 26.0 Å². The lowest BCUT2D eigenvalue weighted by molar-refractivity contribution is 0.439. The van der Waals surface area contributed by atoms with Crippen LogP contribution in [0.4, 0.5) is 0 Å². The van der Waals surface area contributed by atoms with Crippen molar-refractivity contribution in [2.45, 2.75) is 39.5 Å². The molecule has 0 amide bonds. The topological polar surface area (TPSA) is 50.9 Å². The molecule has 1 heterocycles. The molecule has 0 spiro atoms. The largest absolute Gasteiger partial charge is 0.505 e. The van der Waals surface area contributed by atoms with Crippen LogP contribution in [0.2, 0.25) is 0 Å². The number of benzene rings is 1. The molecule has 0 aliphatic rings. The molecule has 0 aliphatic heterocycles. The summed E-state index contributed by atoms with van der Waals surface area (Å²) in [5.74, 6) is 0.673. The van der Waals surface area contributed by atoms with Crippen LogP contribution < -0.4 is 0 Å². The molecule has 0 atom stereocenters. The van der Waals surface area contributed by atoms with E-state index >= 15 is 0 Å². The highest BCUT2D eigenvalue weighted by molar-refractivity contribution is 6.18. The lowest BCUT2D eigenvalue weighted by Crippen LogP contribution is -2.13. The SMILES string of the molecule is C=Cc1nn(-c2cc(C)cc(C(C)(C)C)c2O)nc1C/C=C\CCl. The highest BCUT2D eigenvalue weighted by atomic mass is 35.5. The molecule has 5 heteroatoms. The molecule has 2 aromatic rings. The standard InChI is InChI=1S/C19H24ClN3O/c1-6-15-16(9-7-8-10-20)22-23(21-15)17-12-13(2)11-14(18(17)24)19(3,4)5/h6-8,11-12,24H,1,9-10H2,2-5H3/b8-7-. The number of aryl methyl sites for hydroxylation is 1.